The van der Waals surface area contributed by atoms with Crippen LogP contribution in [0.15, 0.2) is 18.2 Å². The van der Waals surface area contributed by atoms with Gasteiger partial charge in [0.1, 0.15) is 5.82 Å². The van der Waals surface area contributed by atoms with Crippen molar-refractivity contribution >= 4 is 5.69 Å². The number of anilines is 1. The van der Waals surface area contributed by atoms with Crippen molar-refractivity contribution in [3.63, 3.8) is 0 Å². The van der Waals surface area contributed by atoms with Gasteiger partial charge in [-0.15, -0.1) is 0 Å². The van der Waals surface area contributed by atoms with Gasteiger partial charge in [-0.25, -0.2) is 4.39 Å². The van der Waals surface area contributed by atoms with Crippen LogP contribution >= 0.6 is 0 Å². The number of nitrogens with zero attached hydrogens (tertiary/aromatic N) is 1. The Bertz CT molecular complexity index is 456. The van der Waals surface area contributed by atoms with E-state index in [2.05, 4.69) is 37.1 Å². The Morgan fingerprint density at radius 3 is 2.80 bits per heavy atom. The second kappa shape index (κ2) is 6.13. The standard InChI is InChI=1S/C17H27FN2/c1-5-19-13(2)16-14(18)8-6-9-15(16)20-11-7-10-17(3,4)12-20/h6,8-9,13,19H,5,7,10-12H2,1-4H3. The molecule has 1 aliphatic rings. The van der Waals surface area contributed by atoms with Gasteiger partial charge in [0, 0.05) is 30.4 Å². The normalized spacial score (nSPS) is 19.9. The molecule has 0 aliphatic carbocycles. The van der Waals surface area contributed by atoms with Crippen molar-refractivity contribution in [3.8, 4) is 0 Å². The molecule has 0 aromatic heterocycles. The molecule has 1 aliphatic heterocycles. The zero-order chi connectivity index (χ0) is 14.8. The highest BCUT2D eigenvalue weighted by Gasteiger charge is 2.29. The van der Waals surface area contributed by atoms with Gasteiger partial charge >= 0.3 is 0 Å². The monoisotopic (exact) mass is 278 g/mol. The van der Waals surface area contributed by atoms with E-state index in [9.17, 15) is 4.39 Å². The summed E-state index contributed by atoms with van der Waals surface area (Å²) in [6.45, 7) is 11.6. The van der Waals surface area contributed by atoms with E-state index in [-0.39, 0.29) is 11.9 Å². The molecule has 3 heteroatoms. The molecule has 0 radical (unpaired) electrons. The van der Waals surface area contributed by atoms with Gasteiger partial charge in [-0.3, -0.25) is 0 Å². The highest BCUT2D eigenvalue weighted by atomic mass is 19.1. The Labute approximate surface area is 122 Å². The first kappa shape index (κ1) is 15.3. The Morgan fingerprint density at radius 1 is 1.40 bits per heavy atom. The summed E-state index contributed by atoms with van der Waals surface area (Å²) in [4.78, 5) is 2.36. The Morgan fingerprint density at radius 2 is 2.15 bits per heavy atom. The van der Waals surface area contributed by atoms with Crippen LogP contribution < -0.4 is 10.2 Å². The lowest BCUT2D eigenvalue weighted by Gasteiger charge is -2.40. The SMILES string of the molecule is CCNC(C)c1c(F)cccc1N1CCCC(C)(C)C1. The molecular formula is C17H27FN2. The van der Waals surface area contributed by atoms with Crippen molar-refractivity contribution in [2.24, 2.45) is 5.41 Å². The van der Waals surface area contributed by atoms with E-state index >= 15 is 0 Å². The average Bonchev–Trinajstić information content (AvgIpc) is 2.37. The Kier molecular flexibility index (Phi) is 4.69. The summed E-state index contributed by atoms with van der Waals surface area (Å²) in [5.41, 5.74) is 2.18. The first-order chi connectivity index (χ1) is 9.44. The van der Waals surface area contributed by atoms with E-state index in [0.29, 0.717) is 5.41 Å². The van der Waals surface area contributed by atoms with Crippen molar-refractivity contribution in [1.82, 2.24) is 5.32 Å². The van der Waals surface area contributed by atoms with E-state index in [1.807, 2.05) is 13.0 Å². The van der Waals surface area contributed by atoms with E-state index in [4.69, 9.17) is 0 Å². The fraction of sp³-hybridized carbons (Fsp3) is 0.647. The second-order valence-corrected chi connectivity index (χ2v) is 6.64. The van der Waals surface area contributed by atoms with Crippen molar-refractivity contribution in [2.75, 3.05) is 24.5 Å². The molecule has 112 valence electrons. The largest absolute Gasteiger partial charge is 0.371 e. The lowest BCUT2D eigenvalue weighted by atomic mass is 9.83. The van der Waals surface area contributed by atoms with Crippen molar-refractivity contribution in [3.05, 3.63) is 29.6 Å². The maximum Gasteiger partial charge on any atom is 0.130 e. The second-order valence-electron chi connectivity index (χ2n) is 6.64. The van der Waals surface area contributed by atoms with Gasteiger partial charge in [0.05, 0.1) is 0 Å². The topological polar surface area (TPSA) is 15.3 Å². The minimum atomic E-state index is -0.0978. The minimum Gasteiger partial charge on any atom is -0.371 e. The highest BCUT2D eigenvalue weighted by Crippen LogP contribution is 2.35. The third-order valence-electron chi connectivity index (χ3n) is 4.21. The minimum absolute atomic E-state index is 0.0428. The molecule has 0 bridgehead atoms. The van der Waals surface area contributed by atoms with Crippen LogP contribution in [-0.4, -0.2) is 19.6 Å². The van der Waals surface area contributed by atoms with Crippen LogP contribution in [0.3, 0.4) is 0 Å². The molecule has 0 spiro atoms. The molecule has 1 heterocycles. The van der Waals surface area contributed by atoms with Gasteiger partial charge in [-0.05, 0) is 43.9 Å². The summed E-state index contributed by atoms with van der Waals surface area (Å²) in [6.07, 6.45) is 2.43. The molecule has 20 heavy (non-hydrogen) atoms. The molecule has 1 atom stereocenters. The molecule has 2 rings (SSSR count). The molecular weight excluding hydrogens is 251 g/mol. The molecule has 2 nitrogen and oxygen atoms in total. The van der Waals surface area contributed by atoms with E-state index in [1.165, 1.54) is 12.8 Å². The third kappa shape index (κ3) is 3.32. The van der Waals surface area contributed by atoms with Crippen molar-refractivity contribution < 1.29 is 4.39 Å². The highest BCUT2D eigenvalue weighted by molar-refractivity contribution is 5.56. The molecule has 1 aromatic rings. The zero-order valence-corrected chi connectivity index (χ0v) is 13.2. The first-order valence-corrected chi connectivity index (χ1v) is 7.71. The van der Waals surface area contributed by atoms with E-state index in [0.717, 1.165) is 30.9 Å². The van der Waals surface area contributed by atoms with Crippen LogP contribution in [0, 0.1) is 11.2 Å². The van der Waals surface area contributed by atoms with Crippen LogP contribution in [-0.2, 0) is 0 Å². The number of halogens is 1. The maximum atomic E-state index is 14.3. The van der Waals surface area contributed by atoms with Crippen LogP contribution in [0.4, 0.5) is 10.1 Å². The summed E-state index contributed by atoms with van der Waals surface area (Å²) >= 11 is 0. The smallest absolute Gasteiger partial charge is 0.130 e. The molecule has 1 N–H and O–H groups in total. The van der Waals surface area contributed by atoms with Gasteiger partial charge in [0.25, 0.3) is 0 Å². The fourth-order valence-corrected chi connectivity index (χ4v) is 3.27. The van der Waals surface area contributed by atoms with Gasteiger partial charge in [0.15, 0.2) is 0 Å². The fourth-order valence-electron chi connectivity index (χ4n) is 3.27. The van der Waals surface area contributed by atoms with Crippen LogP contribution in [0.5, 0.6) is 0 Å². The molecule has 1 saturated heterocycles. The summed E-state index contributed by atoms with van der Waals surface area (Å²) in [5, 5.41) is 3.34. The predicted octanol–water partition coefficient (Wildman–Crippen LogP) is 4.12. The van der Waals surface area contributed by atoms with Gasteiger partial charge in [-0.2, -0.15) is 0 Å². The average molecular weight is 278 g/mol. The number of benzene rings is 1. The van der Waals surface area contributed by atoms with Crippen molar-refractivity contribution in [2.45, 2.75) is 46.6 Å². The summed E-state index contributed by atoms with van der Waals surface area (Å²) in [7, 11) is 0. The Hall–Kier alpha value is -1.09. The summed E-state index contributed by atoms with van der Waals surface area (Å²) in [5.74, 6) is -0.0978. The summed E-state index contributed by atoms with van der Waals surface area (Å²) < 4.78 is 14.3. The van der Waals surface area contributed by atoms with Crippen LogP contribution in [0.25, 0.3) is 0 Å². The number of hydrogen-bond donors (Lipinski definition) is 1. The maximum absolute atomic E-state index is 14.3. The molecule has 0 amide bonds. The molecule has 0 saturated carbocycles. The zero-order valence-electron chi connectivity index (χ0n) is 13.2. The van der Waals surface area contributed by atoms with Gasteiger partial charge in [0.2, 0.25) is 0 Å². The third-order valence-corrected chi connectivity index (χ3v) is 4.21. The van der Waals surface area contributed by atoms with E-state index in [1.54, 1.807) is 6.07 Å². The predicted molar refractivity (Wildman–Crippen MR) is 83.7 cm³/mol. The molecule has 1 unspecified atom stereocenters. The number of piperidine rings is 1. The van der Waals surface area contributed by atoms with Gasteiger partial charge in [-0.1, -0.05) is 26.8 Å². The first-order valence-electron chi connectivity index (χ1n) is 7.71. The molecule has 1 fully saturated rings. The van der Waals surface area contributed by atoms with Crippen LogP contribution in [0.2, 0.25) is 0 Å². The number of rotatable bonds is 4. The van der Waals surface area contributed by atoms with Crippen LogP contribution in [0.1, 0.15) is 52.1 Å². The summed E-state index contributed by atoms with van der Waals surface area (Å²) in [6, 6.07) is 5.50. The lowest BCUT2D eigenvalue weighted by Crippen LogP contribution is -2.41. The van der Waals surface area contributed by atoms with Crippen molar-refractivity contribution in [1.29, 1.82) is 0 Å². The van der Waals surface area contributed by atoms with E-state index < -0.39 is 0 Å². The Balaban J connectivity index is 2.33. The number of nitrogens with one attached hydrogen (secondary N) is 1. The lowest BCUT2D eigenvalue weighted by molar-refractivity contribution is 0.292. The number of hydrogen-bond acceptors (Lipinski definition) is 2. The molecule has 1 aromatic carbocycles. The quantitative estimate of drug-likeness (QED) is 0.891. The van der Waals surface area contributed by atoms with Gasteiger partial charge < -0.3 is 10.2 Å².